The Balaban J connectivity index is 2.63. The second-order valence-electron chi connectivity index (χ2n) is 3.44. The summed E-state index contributed by atoms with van der Waals surface area (Å²) in [6.45, 7) is 1.86. The molecule has 1 aromatic rings. The van der Waals surface area contributed by atoms with Gasteiger partial charge in [0.25, 0.3) is 12.3 Å². The summed E-state index contributed by atoms with van der Waals surface area (Å²) in [5, 5.41) is 11.5. The third kappa shape index (κ3) is 3.67. The van der Waals surface area contributed by atoms with Gasteiger partial charge in [-0.25, -0.2) is 8.78 Å². The second kappa shape index (κ2) is 5.97. The molecule has 0 saturated carbocycles. The number of aromatic nitrogens is 1. The molecule has 2 N–H and O–H groups in total. The van der Waals surface area contributed by atoms with Gasteiger partial charge in [-0.1, -0.05) is 11.6 Å². The zero-order chi connectivity index (χ0) is 13.0. The van der Waals surface area contributed by atoms with E-state index in [0.29, 0.717) is 11.6 Å². The van der Waals surface area contributed by atoms with Crippen LogP contribution in [0, 0.1) is 0 Å². The molecular weight excluding hydrogens is 254 g/mol. The Morgan fingerprint density at radius 1 is 1.65 bits per heavy atom. The van der Waals surface area contributed by atoms with Crippen molar-refractivity contribution >= 4 is 17.5 Å². The molecule has 96 valence electrons. The number of hydrogen-bond acceptors (Lipinski definition) is 2. The minimum atomic E-state index is -2.88. The largest absolute Gasteiger partial charge is 0.385 e. The van der Waals surface area contributed by atoms with Crippen molar-refractivity contribution in [3.05, 3.63) is 23.0 Å². The van der Waals surface area contributed by atoms with E-state index in [0.717, 1.165) is 0 Å². The predicted octanol–water partition coefficient (Wildman–Crippen LogP) is 1.52. The molecule has 0 fully saturated rings. The van der Waals surface area contributed by atoms with Crippen LogP contribution in [0.3, 0.4) is 0 Å². The van der Waals surface area contributed by atoms with Crippen molar-refractivity contribution in [2.75, 3.05) is 6.54 Å². The molecule has 7 heteroatoms. The SMILES string of the molecule is CCn1cc(Cl)cc1C(=O)NCC(O)C(F)F. The third-order valence-electron chi connectivity index (χ3n) is 2.20. The number of alkyl halides is 2. The van der Waals surface area contributed by atoms with E-state index in [2.05, 4.69) is 5.32 Å². The molecule has 1 rings (SSSR count). The molecule has 0 bridgehead atoms. The molecule has 1 aromatic heterocycles. The number of aryl methyl sites for hydroxylation is 1. The summed E-state index contributed by atoms with van der Waals surface area (Å²) in [4.78, 5) is 11.6. The number of hydrogen-bond donors (Lipinski definition) is 2. The molecule has 1 amide bonds. The number of carbonyl (C=O) groups is 1. The fourth-order valence-electron chi connectivity index (χ4n) is 1.30. The predicted molar refractivity (Wildman–Crippen MR) is 59.5 cm³/mol. The summed E-state index contributed by atoms with van der Waals surface area (Å²) in [7, 11) is 0. The number of nitrogens with zero attached hydrogens (tertiary/aromatic N) is 1. The first-order valence-corrected chi connectivity index (χ1v) is 5.43. The Morgan fingerprint density at radius 3 is 2.82 bits per heavy atom. The molecular formula is C10H13ClF2N2O2. The quantitative estimate of drug-likeness (QED) is 0.849. The first-order chi connectivity index (χ1) is 7.95. The minimum Gasteiger partial charge on any atom is -0.385 e. The number of rotatable bonds is 5. The normalized spacial score (nSPS) is 12.8. The zero-order valence-corrected chi connectivity index (χ0v) is 9.92. The van der Waals surface area contributed by atoms with Crippen LogP contribution >= 0.6 is 11.6 Å². The average Bonchev–Trinajstić information content (AvgIpc) is 2.66. The molecule has 0 aliphatic carbocycles. The average molecular weight is 267 g/mol. The summed E-state index contributed by atoms with van der Waals surface area (Å²) >= 11 is 5.73. The fraction of sp³-hybridized carbons (Fsp3) is 0.500. The lowest BCUT2D eigenvalue weighted by molar-refractivity contribution is -0.00274. The number of nitrogens with one attached hydrogen (secondary N) is 1. The molecule has 17 heavy (non-hydrogen) atoms. The van der Waals surface area contributed by atoms with Crippen LogP contribution in [-0.4, -0.2) is 34.7 Å². The maximum atomic E-state index is 12.0. The summed E-state index contributed by atoms with van der Waals surface area (Å²) in [5.41, 5.74) is 0.277. The molecule has 0 aliphatic heterocycles. The lowest BCUT2D eigenvalue weighted by Gasteiger charge is -2.11. The minimum absolute atomic E-state index is 0.277. The van der Waals surface area contributed by atoms with E-state index >= 15 is 0 Å². The van der Waals surface area contributed by atoms with E-state index in [1.54, 1.807) is 10.8 Å². The Labute approximate surface area is 102 Å². The Kier molecular flexibility index (Phi) is 4.89. The van der Waals surface area contributed by atoms with Gasteiger partial charge in [-0.05, 0) is 13.0 Å². The number of carbonyl (C=O) groups excluding carboxylic acids is 1. The van der Waals surface area contributed by atoms with Crippen molar-refractivity contribution in [2.24, 2.45) is 0 Å². The molecule has 1 heterocycles. The van der Waals surface area contributed by atoms with E-state index in [9.17, 15) is 13.6 Å². The number of halogens is 3. The van der Waals surface area contributed by atoms with E-state index in [-0.39, 0.29) is 5.69 Å². The van der Waals surface area contributed by atoms with E-state index in [1.807, 2.05) is 6.92 Å². The number of aliphatic hydroxyl groups excluding tert-OH is 1. The van der Waals surface area contributed by atoms with Gasteiger partial charge in [0.05, 0.1) is 5.02 Å². The van der Waals surface area contributed by atoms with Crippen LogP contribution in [0.25, 0.3) is 0 Å². The lowest BCUT2D eigenvalue weighted by atomic mass is 10.3. The standard InChI is InChI=1S/C10H13ClF2N2O2/c1-2-15-5-6(11)3-7(15)10(17)14-4-8(16)9(12)13/h3,5,8-9,16H,2,4H2,1H3,(H,14,17). The highest BCUT2D eigenvalue weighted by Crippen LogP contribution is 2.14. The van der Waals surface area contributed by atoms with Gasteiger partial charge in [-0.3, -0.25) is 4.79 Å². The van der Waals surface area contributed by atoms with Crippen molar-refractivity contribution in [3.63, 3.8) is 0 Å². The molecule has 0 aliphatic rings. The first-order valence-electron chi connectivity index (χ1n) is 5.05. The van der Waals surface area contributed by atoms with Crippen molar-refractivity contribution in [1.82, 2.24) is 9.88 Å². The number of amides is 1. The van der Waals surface area contributed by atoms with Gasteiger partial charge in [-0.2, -0.15) is 0 Å². The third-order valence-corrected chi connectivity index (χ3v) is 2.41. The van der Waals surface area contributed by atoms with Crippen molar-refractivity contribution in [2.45, 2.75) is 26.0 Å². The van der Waals surface area contributed by atoms with Crippen LogP contribution in [0.1, 0.15) is 17.4 Å². The van der Waals surface area contributed by atoms with E-state index < -0.39 is 25.0 Å². The molecule has 0 spiro atoms. The van der Waals surface area contributed by atoms with Crippen molar-refractivity contribution < 1.29 is 18.7 Å². The van der Waals surface area contributed by atoms with E-state index in [4.69, 9.17) is 16.7 Å². The highest BCUT2D eigenvalue weighted by molar-refractivity contribution is 6.31. The fourth-order valence-corrected chi connectivity index (χ4v) is 1.52. The molecule has 0 radical (unpaired) electrons. The summed E-state index contributed by atoms with van der Waals surface area (Å²) in [6, 6.07) is 1.44. The highest BCUT2D eigenvalue weighted by Gasteiger charge is 2.19. The zero-order valence-electron chi connectivity index (χ0n) is 9.16. The van der Waals surface area contributed by atoms with E-state index in [1.165, 1.54) is 6.07 Å². The monoisotopic (exact) mass is 266 g/mol. The van der Waals surface area contributed by atoms with Gasteiger partial charge in [0.2, 0.25) is 0 Å². The van der Waals surface area contributed by atoms with Crippen molar-refractivity contribution in [3.8, 4) is 0 Å². The molecule has 0 aromatic carbocycles. The first kappa shape index (κ1) is 13.9. The maximum Gasteiger partial charge on any atom is 0.268 e. The Hall–Kier alpha value is -1.14. The Bertz CT molecular complexity index is 396. The second-order valence-corrected chi connectivity index (χ2v) is 3.88. The summed E-state index contributed by atoms with van der Waals surface area (Å²) < 4.78 is 25.6. The summed E-state index contributed by atoms with van der Waals surface area (Å²) in [6.07, 6.45) is -3.17. The van der Waals surface area contributed by atoms with Crippen LogP contribution in [-0.2, 0) is 6.54 Å². The molecule has 1 atom stereocenters. The van der Waals surface area contributed by atoms with Gasteiger partial charge in [0, 0.05) is 19.3 Å². The molecule has 1 unspecified atom stereocenters. The van der Waals surface area contributed by atoms with Crippen molar-refractivity contribution in [1.29, 1.82) is 0 Å². The van der Waals surface area contributed by atoms with Crippen LogP contribution in [0.15, 0.2) is 12.3 Å². The smallest absolute Gasteiger partial charge is 0.268 e. The molecule has 0 saturated heterocycles. The van der Waals surface area contributed by atoms with Gasteiger partial charge >= 0.3 is 0 Å². The van der Waals surface area contributed by atoms with Crippen LogP contribution in [0.2, 0.25) is 5.02 Å². The van der Waals surface area contributed by atoms with Gasteiger partial charge in [0.1, 0.15) is 11.8 Å². The summed E-state index contributed by atoms with van der Waals surface area (Å²) in [5.74, 6) is -0.543. The topological polar surface area (TPSA) is 54.3 Å². The molecule has 4 nitrogen and oxygen atoms in total. The van der Waals surface area contributed by atoms with Crippen LogP contribution in [0.4, 0.5) is 8.78 Å². The van der Waals surface area contributed by atoms with Gasteiger partial charge < -0.3 is 15.0 Å². The maximum absolute atomic E-state index is 12.0. The Morgan fingerprint density at radius 2 is 2.29 bits per heavy atom. The number of aliphatic hydroxyl groups is 1. The van der Waals surface area contributed by atoms with Gasteiger partial charge in [0.15, 0.2) is 0 Å². The van der Waals surface area contributed by atoms with Crippen LogP contribution in [0.5, 0.6) is 0 Å². The lowest BCUT2D eigenvalue weighted by Crippen LogP contribution is -2.36. The van der Waals surface area contributed by atoms with Crippen LogP contribution < -0.4 is 5.32 Å². The highest BCUT2D eigenvalue weighted by atomic mass is 35.5. The van der Waals surface area contributed by atoms with Gasteiger partial charge in [-0.15, -0.1) is 0 Å².